The highest BCUT2D eigenvalue weighted by Crippen LogP contribution is 2.32. The van der Waals surface area contributed by atoms with Gasteiger partial charge in [-0.25, -0.2) is 9.59 Å². The van der Waals surface area contributed by atoms with Crippen LogP contribution >= 0.6 is 0 Å². The second-order valence-corrected chi connectivity index (χ2v) is 8.37. The molecule has 1 aliphatic rings. The molecule has 4 amide bonds. The minimum absolute atomic E-state index is 0.191. The Balaban J connectivity index is 1.50. The van der Waals surface area contributed by atoms with Gasteiger partial charge in [-0.15, -0.1) is 0 Å². The summed E-state index contributed by atoms with van der Waals surface area (Å²) in [5.74, 6) is 0. The van der Waals surface area contributed by atoms with Crippen molar-refractivity contribution in [2.24, 2.45) is 0 Å². The topological polar surface area (TPSA) is 64.7 Å². The Labute approximate surface area is 201 Å². The maximum atomic E-state index is 13.3. The minimum Gasteiger partial charge on any atom is -0.320 e. The van der Waals surface area contributed by atoms with Crippen molar-refractivity contribution in [3.63, 3.8) is 0 Å². The molecule has 1 fully saturated rings. The summed E-state index contributed by atoms with van der Waals surface area (Å²) in [5, 5.41) is 5.60. The third-order valence-corrected chi connectivity index (χ3v) is 5.69. The van der Waals surface area contributed by atoms with Crippen LogP contribution in [0.2, 0.25) is 0 Å². The van der Waals surface area contributed by atoms with Gasteiger partial charge >= 0.3 is 18.2 Å². The van der Waals surface area contributed by atoms with Crippen LogP contribution < -0.4 is 15.5 Å². The van der Waals surface area contributed by atoms with Crippen molar-refractivity contribution in [2.75, 3.05) is 28.6 Å². The van der Waals surface area contributed by atoms with Crippen LogP contribution in [0.25, 0.3) is 0 Å². The molecule has 0 unspecified atom stereocenters. The molecular weight excluding hydrogens is 457 g/mol. The molecule has 1 aliphatic heterocycles. The number of rotatable bonds is 5. The number of hydrogen-bond acceptors (Lipinski definition) is 2. The number of carbonyl (C=O) groups excluding carboxylic acids is 2. The lowest BCUT2D eigenvalue weighted by Crippen LogP contribution is -2.49. The van der Waals surface area contributed by atoms with E-state index in [1.165, 1.54) is 12.1 Å². The lowest BCUT2D eigenvalue weighted by molar-refractivity contribution is -0.137. The number of halogens is 3. The van der Waals surface area contributed by atoms with Gasteiger partial charge in [0.15, 0.2) is 0 Å². The molecule has 35 heavy (non-hydrogen) atoms. The molecule has 2 N–H and O–H groups in total. The van der Waals surface area contributed by atoms with E-state index in [0.717, 1.165) is 17.7 Å². The van der Waals surface area contributed by atoms with Crippen LogP contribution in [0.15, 0.2) is 72.8 Å². The first-order valence-corrected chi connectivity index (χ1v) is 11.2. The largest absolute Gasteiger partial charge is 0.416 e. The van der Waals surface area contributed by atoms with Crippen molar-refractivity contribution in [3.05, 3.63) is 89.5 Å². The molecule has 0 aromatic heterocycles. The maximum absolute atomic E-state index is 13.3. The Kier molecular flexibility index (Phi) is 6.95. The zero-order valence-electron chi connectivity index (χ0n) is 19.1. The van der Waals surface area contributed by atoms with Crippen molar-refractivity contribution in [1.82, 2.24) is 4.90 Å². The van der Waals surface area contributed by atoms with E-state index in [0.29, 0.717) is 42.1 Å². The third kappa shape index (κ3) is 5.92. The monoisotopic (exact) mass is 482 g/mol. The van der Waals surface area contributed by atoms with Gasteiger partial charge in [-0.05, 0) is 60.9 Å². The number of alkyl halides is 3. The molecule has 1 heterocycles. The molecule has 0 atom stereocenters. The first-order valence-electron chi connectivity index (χ1n) is 11.2. The van der Waals surface area contributed by atoms with Crippen LogP contribution in [0.1, 0.15) is 23.1 Å². The molecule has 1 saturated heterocycles. The van der Waals surface area contributed by atoms with Crippen molar-refractivity contribution in [1.29, 1.82) is 0 Å². The summed E-state index contributed by atoms with van der Waals surface area (Å²) in [6, 6.07) is 18.6. The molecular formula is C26H25F3N4O2. The highest BCUT2D eigenvalue weighted by Gasteiger charge is 2.31. The molecule has 3 aromatic rings. The summed E-state index contributed by atoms with van der Waals surface area (Å²) < 4.78 is 38.6. The SMILES string of the molecule is Cc1ccc(N2CCCN(Cc3ccc(C(F)(F)F)cc3)C2=O)c(NC(=O)Nc2ccccc2)c1. The molecule has 6 nitrogen and oxygen atoms in total. The number of urea groups is 2. The van der Waals surface area contributed by atoms with Crippen LogP contribution in [0.3, 0.4) is 0 Å². The standard InChI is InChI=1S/C26H25F3N4O2/c1-18-8-13-23(22(16-18)31-24(34)30-21-6-3-2-4-7-21)33-15-5-14-32(25(33)35)17-19-9-11-20(12-10-19)26(27,28)29/h2-4,6-13,16H,5,14-15,17H2,1H3,(H2,30,31,34). The number of benzene rings is 3. The second-order valence-electron chi connectivity index (χ2n) is 8.37. The highest BCUT2D eigenvalue weighted by molar-refractivity contribution is 6.04. The second kappa shape index (κ2) is 10.1. The Hall–Kier alpha value is -4.01. The highest BCUT2D eigenvalue weighted by atomic mass is 19.4. The number of anilines is 3. The van der Waals surface area contributed by atoms with Gasteiger partial charge in [0.1, 0.15) is 0 Å². The predicted molar refractivity (Wildman–Crippen MR) is 129 cm³/mol. The maximum Gasteiger partial charge on any atom is 0.416 e. The molecule has 0 bridgehead atoms. The van der Waals surface area contributed by atoms with Crippen LogP contribution in [-0.4, -0.2) is 30.1 Å². The van der Waals surface area contributed by atoms with E-state index in [4.69, 9.17) is 0 Å². The summed E-state index contributed by atoms with van der Waals surface area (Å²) in [4.78, 5) is 29.1. The van der Waals surface area contributed by atoms with E-state index >= 15 is 0 Å². The molecule has 3 aromatic carbocycles. The van der Waals surface area contributed by atoms with Gasteiger partial charge in [-0.1, -0.05) is 36.4 Å². The van der Waals surface area contributed by atoms with Gasteiger partial charge in [-0.2, -0.15) is 13.2 Å². The van der Waals surface area contributed by atoms with E-state index in [9.17, 15) is 22.8 Å². The van der Waals surface area contributed by atoms with Crippen LogP contribution in [-0.2, 0) is 12.7 Å². The van der Waals surface area contributed by atoms with E-state index in [2.05, 4.69) is 10.6 Å². The molecule has 0 saturated carbocycles. The van der Waals surface area contributed by atoms with Crippen molar-refractivity contribution < 1.29 is 22.8 Å². The molecule has 0 radical (unpaired) electrons. The Morgan fingerprint density at radius 2 is 1.66 bits per heavy atom. The van der Waals surface area contributed by atoms with Crippen molar-refractivity contribution >= 4 is 29.1 Å². The molecule has 9 heteroatoms. The lowest BCUT2D eigenvalue weighted by atomic mass is 10.1. The molecule has 4 rings (SSSR count). The smallest absolute Gasteiger partial charge is 0.320 e. The van der Waals surface area contributed by atoms with Gasteiger partial charge in [0.05, 0.1) is 16.9 Å². The Bertz CT molecular complexity index is 1200. The van der Waals surface area contributed by atoms with Crippen molar-refractivity contribution in [3.8, 4) is 0 Å². The predicted octanol–water partition coefficient (Wildman–Crippen LogP) is 6.49. The van der Waals surface area contributed by atoms with Crippen LogP contribution in [0.4, 0.5) is 39.8 Å². The zero-order chi connectivity index (χ0) is 25.0. The summed E-state index contributed by atoms with van der Waals surface area (Å²) >= 11 is 0. The number of aryl methyl sites for hydroxylation is 1. The molecule has 0 aliphatic carbocycles. The fourth-order valence-electron chi connectivity index (χ4n) is 3.96. The summed E-state index contributed by atoms with van der Waals surface area (Å²) in [7, 11) is 0. The zero-order valence-corrected chi connectivity index (χ0v) is 19.1. The number of carbonyl (C=O) groups is 2. The third-order valence-electron chi connectivity index (χ3n) is 5.69. The molecule has 182 valence electrons. The van der Waals surface area contributed by atoms with E-state index in [1.54, 1.807) is 34.1 Å². The Morgan fingerprint density at radius 1 is 0.943 bits per heavy atom. The average Bonchev–Trinajstić information content (AvgIpc) is 2.81. The minimum atomic E-state index is -4.40. The normalized spacial score (nSPS) is 14.1. The summed E-state index contributed by atoms with van der Waals surface area (Å²) in [5.41, 5.74) is 2.48. The van der Waals surface area contributed by atoms with E-state index in [-0.39, 0.29) is 12.6 Å². The van der Waals surface area contributed by atoms with Gasteiger partial charge in [0.2, 0.25) is 0 Å². The van der Waals surface area contributed by atoms with Gasteiger partial charge in [-0.3, -0.25) is 4.90 Å². The van der Waals surface area contributed by atoms with E-state index < -0.39 is 17.8 Å². The van der Waals surface area contributed by atoms with Gasteiger partial charge in [0, 0.05) is 25.3 Å². The van der Waals surface area contributed by atoms with Crippen molar-refractivity contribution in [2.45, 2.75) is 26.1 Å². The number of amides is 4. The lowest BCUT2D eigenvalue weighted by Gasteiger charge is -2.36. The fraction of sp³-hybridized carbons (Fsp3) is 0.231. The number of hydrogen-bond donors (Lipinski definition) is 2. The first-order chi connectivity index (χ1) is 16.7. The number of nitrogens with one attached hydrogen (secondary N) is 2. The van der Waals surface area contributed by atoms with Crippen LogP contribution in [0.5, 0.6) is 0 Å². The summed E-state index contributed by atoms with van der Waals surface area (Å²) in [6.45, 7) is 3.02. The Morgan fingerprint density at radius 3 is 2.34 bits per heavy atom. The first kappa shape index (κ1) is 24.1. The van der Waals surface area contributed by atoms with Gasteiger partial charge < -0.3 is 15.5 Å². The fourth-order valence-corrected chi connectivity index (χ4v) is 3.96. The quantitative estimate of drug-likeness (QED) is 0.437. The summed E-state index contributed by atoms with van der Waals surface area (Å²) in [6.07, 6.45) is -3.73. The number of nitrogens with zero attached hydrogens (tertiary/aromatic N) is 2. The van der Waals surface area contributed by atoms with Gasteiger partial charge in [0.25, 0.3) is 0 Å². The molecule has 0 spiro atoms. The van der Waals surface area contributed by atoms with Crippen LogP contribution in [0, 0.1) is 6.92 Å². The number of para-hydroxylation sites is 1. The van der Waals surface area contributed by atoms with E-state index in [1.807, 2.05) is 31.2 Å². The average molecular weight is 483 g/mol.